The summed E-state index contributed by atoms with van der Waals surface area (Å²) in [5, 5.41) is 0. The van der Waals surface area contributed by atoms with Gasteiger partial charge in [-0.05, 0) is 58.0 Å². The molecule has 5 heteroatoms. The van der Waals surface area contributed by atoms with E-state index in [0.717, 1.165) is 48.3 Å². The van der Waals surface area contributed by atoms with E-state index in [9.17, 15) is 0 Å². The lowest BCUT2D eigenvalue weighted by Gasteiger charge is -2.50. The SMILES string of the molecule is CN(Cc1cc(-c2cnc3c(c2)C[C@@]2(CN4CCC2CC4)O3)co1)C1CC1. The maximum Gasteiger partial charge on any atom is 0.217 e. The Balaban J connectivity index is 1.23. The van der Waals surface area contributed by atoms with E-state index in [0.29, 0.717) is 5.92 Å². The molecule has 1 aliphatic carbocycles. The van der Waals surface area contributed by atoms with Crippen LogP contribution in [0.4, 0.5) is 0 Å². The second-order valence-electron chi connectivity index (χ2n) is 9.03. The van der Waals surface area contributed by atoms with Gasteiger partial charge < -0.3 is 9.15 Å². The Morgan fingerprint density at radius 2 is 2.04 bits per heavy atom. The molecule has 1 saturated carbocycles. The molecule has 0 aromatic carbocycles. The van der Waals surface area contributed by atoms with Crippen LogP contribution >= 0.6 is 0 Å². The maximum atomic E-state index is 6.47. The van der Waals surface area contributed by atoms with Crippen LogP contribution in [-0.4, -0.2) is 53.1 Å². The normalized spacial score (nSPS) is 31.5. The monoisotopic (exact) mass is 365 g/mol. The van der Waals surface area contributed by atoms with Gasteiger partial charge in [-0.15, -0.1) is 0 Å². The molecule has 4 fully saturated rings. The maximum absolute atomic E-state index is 6.47. The van der Waals surface area contributed by atoms with E-state index < -0.39 is 0 Å². The van der Waals surface area contributed by atoms with Gasteiger partial charge in [0.15, 0.2) is 0 Å². The summed E-state index contributed by atoms with van der Waals surface area (Å²) in [5.41, 5.74) is 3.50. The lowest BCUT2D eigenvalue weighted by Crippen LogP contribution is -2.61. The molecule has 5 aliphatic rings. The highest BCUT2D eigenvalue weighted by atomic mass is 16.5. The molecule has 1 atom stereocenters. The summed E-state index contributed by atoms with van der Waals surface area (Å²) >= 11 is 0. The fourth-order valence-electron chi connectivity index (χ4n) is 5.37. The van der Waals surface area contributed by atoms with Crippen molar-refractivity contribution < 1.29 is 9.15 Å². The number of hydrogen-bond acceptors (Lipinski definition) is 5. The molecule has 2 bridgehead atoms. The van der Waals surface area contributed by atoms with E-state index in [1.54, 1.807) is 0 Å². The van der Waals surface area contributed by atoms with Gasteiger partial charge >= 0.3 is 0 Å². The van der Waals surface area contributed by atoms with Gasteiger partial charge in [-0.2, -0.15) is 0 Å². The molecule has 5 nitrogen and oxygen atoms in total. The molecule has 27 heavy (non-hydrogen) atoms. The van der Waals surface area contributed by atoms with Crippen LogP contribution in [0.1, 0.15) is 37.0 Å². The second kappa shape index (κ2) is 5.82. The number of aromatic nitrogens is 1. The number of pyridine rings is 1. The van der Waals surface area contributed by atoms with Crippen molar-refractivity contribution in [2.45, 2.75) is 50.3 Å². The zero-order chi connectivity index (χ0) is 18.0. The lowest BCUT2D eigenvalue weighted by molar-refractivity contribution is -0.0814. The Morgan fingerprint density at radius 3 is 2.78 bits per heavy atom. The number of hydrogen-bond donors (Lipinski definition) is 0. The fourth-order valence-corrected chi connectivity index (χ4v) is 5.37. The molecule has 6 heterocycles. The van der Waals surface area contributed by atoms with Crippen molar-refractivity contribution in [3.05, 3.63) is 35.9 Å². The highest BCUT2D eigenvalue weighted by Crippen LogP contribution is 2.46. The third-order valence-corrected chi connectivity index (χ3v) is 7.10. The summed E-state index contributed by atoms with van der Waals surface area (Å²) in [6.45, 7) is 4.41. The Labute approximate surface area is 160 Å². The quantitative estimate of drug-likeness (QED) is 0.831. The van der Waals surface area contributed by atoms with Gasteiger partial charge in [-0.3, -0.25) is 9.80 Å². The third kappa shape index (κ3) is 2.71. The van der Waals surface area contributed by atoms with E-state index in [1.165, 1.54) is 44.3 Å². The van der Waals surface area contributed by atoms with Gasteiger partial charge in [-0.25, -0.2) is 4.98 Å². The molecule has 0 radical (unpaired) electrons. The Bertz CT molecular complexity index is 866. The first-order chi connectivity index (χ1) is 13.2. The van der Waals surface area contributed by atoms with Crippen LogP contribution in [0.5, 0.6) is 5.88 Å². The molecular formula is C22H27N3O2. The van der Waals surface area contributed by atoms with Crippen molar-refractivity contribution in [3.8, 4) is 17.0 Å². The van der Waals surface area contributed by atoms with Crippen molar-refractivity contribution in [3.63, 3.8) is 0 Å². The van der Waals surface area contributed by atoms with Crippen LogP contribution in [0.25, 0.3) is 11.1 Å². The predicted molar refractivity (Wildman–Crippen MR) is 103 cm³/mol. The van der Waals surface area contributed by atoms with Crippen LogP contribution in [-0.2, 0) is 13.0 Å². The smallest absolute Gasteiger partial charge is 0.217 e. The number of ether oxygens (including phenoxy) is 1. The third-order valence-electron chi connectivity index (χ3n) is 7.10. The number of nitrogens with zero attached hydrogens (tertiary/aromatic N) is 3. The average molecular weight is 365 g/mol. The van der Waals surface area contributed by atoms with Crippen LogP contribution in [0.2, 0.25) is 0 Å². The van der Waals surface area contributed by atoms with Crippen molar-refractivity contribution in [1.29, 1.82) is 0 Å². The first-order valence-electron chi connectivity index (χ1n) is 10.4. The fraction of sp³-hybridized carbons (Fsp3) is 0.591. The van der Waals surface area contributed by atoms with E-state index in [1.807, 2.05) is 12.5 Å². The topological polar surface area (TPSA) is 41.7 Å². The van der Waals surface area contributed by atoms with E-state index in [-0.39, 0.29) is 5.60 Å². The van der Waals surface area contributed by atoms with E-state index in [2.05, 4.69) is 34.0 Å². The minimum absolute atomic E-state index is 0.0288. The summed E-state index contributed by atoms with van der Waals surface area (Å²) < 4.78 is 12.3. The van der Waals surface area contributed by atoms with Crippen molar-refractivity contribution >= 4 is 0 Å². The van der Waals surface area contributed by atoms with Crippen LogP contribution in [0.15, 0.2) is 29.0 Å². The highest BCUT2D eigenvalue weighted by molar-refractivity contribution is 5.64. The summed E-state index contributed by atoms with van der Waals surface area (Å²) in [5.74, 6) is 2.56. The number of furan rings is 1. The number of rotatable bonds is 4. The summed E-state index contributed by atoms with van der Waals surface area (Å²) in [7, 11) is 2.18. The number of fused-ring (bicyclic) bond motifs is 3. The zero-order valence-corrected chi connectivity index (χ0v) is 16.0. The van der Waals surface area contributed by atoms with E-state index >= 15 is 0 Å². The Morgan fingerprint density at radius 1 is 1.19 bits per heavy atom. The molecule has 3 saturated heterocycles. The zero-order valence-electron chi connectivity index (χ0n) is 16.0. The summed E-state index contributed by atoms with van der Waals surface area (Å²) in [4.78, 5) is 9.63. The standard InChI is InChI=1S/C22H27N3O2/c1-24(19-2-3-19)12-20-9-17(13-26-20)16-8-15-10-22(27-21(15)23-11-16)14-25-6-4-18(22)5-7-25/h8-9,11,13,18-19H,2-7,10,12,14H2,1H3/t22-/m0/s1. The summed E-state index contributed by atoms with van der Waals surface area (Å²) in [6, 6.07) is 5.19. The molecule has 0 amide bonds. The van der Waals surface area contributed by atoms with Crippen molar-refractivity contribution in [1.82, 2.24) is 14.8 Å². The average Bonchev–Trinajstić information content (AvgIpc) is 3.34. The lowest BCUT2D eigenvalue weighted by atomic mass is 9.73. The first-order valence-corrected chi connectivity index (χ1v) is 10.4. The molecule has 4 aliphatic heterocycles. The molecule has 7 rings (SSSR count). The van der Waals surface area contributed by atoms with Crippen molar-refractivity contribution in [2.75, 3.05) is 26.7 Å². The largest absolute Gasteiger partial charge is 0.469 e. The number of piperidine rings is 3. The van der Waals surface area contributed by atoms with Crippen LogP contribution in [0, 0.1) is 5.92 Å². The van der Waals surface area contributed by atoms with Gasteiger partial charge in [0.25, 0.3) is 0 Å². The molecule has 2 aromatic rings. The second-order valence-corrected chi connectivity index (χ2v) is 9.03. The summed E-state index contributed by atoms with van der Waals surface area (Å²) in [6.07, 6.45) is 9.98. The van der Waals surface area contributed by atoms with Crippen LogP contribution < -0.4 is 4.74 Å². The minimum atomic E-state index is -0.0288. The van der Waals surface area contributed by atoms with Crippen LogP contribution in [0.3, 0.4) is 0 Å². The minimum Gasteiger partial charge on any atom is -0.469 e. The molecule has 0 unspecified atom stereocenters. The first kappa shape index (κ1) is 16.1. The predicted octanol–water partition coefficient (Wildman–Crippen LogP) is 3.34. The molecular weight excluding hydrogens is 338 g/mol. The molecule has 2 aromatic heterocycles. The molecule has 0 N–H and O–H groups in total. The van der Waals surface area contributed by atoms with Gasteiger partial charge in [0.2, 0.25) is 5.88 Å². The molecule has 142 valence electrons. The van der Waals surface area contributed by atoms with Gasteiger partial charge in [0, 0.05) is 47.8 Å². The van der Waals surface area contributed by atoms with Gasteiger partial charge in [0.1, 0.15) is 11.4 Å². The highest BCUT2D eigenvalue weighted by Gasteiger charge is 2.52. The van der Waals surface area contributed by atoms with E-state index in [4.69, 9.17) is 9.15 Å². The Kier molecular flexibility index (Phi) is 3.48. The van der Waals surface area contributed by atoms with Gasteiger partial charge in [-0.1, -0.05) is 0 Å². The van der Waals surface area contributed by atoms with Crippen molar-refractivity contribution in [2.24, 2.45) is 5.92 Å². The Hall–Kier alpha value is -1.85. The van der Waals surface area contributed by atoms with Gasteiger partial charge in [0.05, 0.1) is 12.8 Å². The molecule has 1 spiro atoms.